The molecule has 2 nitrogen and oxygen atoms in total. The van der Waals surface area contributed by atoms with Gasteiger partial charge in [0.2, 0.25) is 0 Å². The lowest BCUT2D eigenvalue weighted by Gasteiger charge is -2.14. The van der Waals surface area contributed by atoms with E-state index in [2.05, 4.69) is 24.3 Å². The Kier molecular flexibility index (Phi) is 1.93. The van der Waals surface area contributed by atoms with E-state index in [1.54, 1.807) is 0 Å². The van der Waals surface area contributed by atoms with Crippen LogP contribution in [0.4, 0.5) is 0 Å². The lowest BCUT2D eigenvalue weighted by atomic mass is 9.92. The second-order valence-corrected chi connectivity index (χ2v) is 3.80. The molecule has 0 aromatic carbocycles. The second-order valence-electron chi connectivity index (χ2n) is 3.80. The van der Waals surface area contributed by atoms with E-state index in [1.165, 1.54) is 17.5 Å². The van der Waals surface area contributed by atoms with Gasteiger partial charge in [-0.05, 0) is 42.3 Å². The predicted molar refractivity (Wildman–Crippen MR) is 50.1 cm³/mol. The molecule has 1 aromatic heterocycles. The summed E-state index contributed by atoms with van der Waals surface area (Å²) in [7, 11) is 0. The number of nitrogens with two attached hydrogens (primary N) is 1. The highest BCUT2D eigenvalue weighted by Gasteiger charge is 2.28. The lowest BCUT2D eigenvalue weighted by molar-refractivity contribution is 0.473. The first-order valence-corrected chi connectivity index (χ1v) is 4.68. The molecule has 2 unspecified atom stereocenters. The first-order valence-electron chi connectivity index (χ1n) is 4.68. The Hall–Kier alpha value is -0.760. The van der Waals surface area contributed by atoms with E-state index in [1.807, 2.05) is 0 Å². The van der Waals surface area contributed by atoms with Crippen molar-refractivity contribution in [3.8, 4) is 0 Å². The fourth-order valence-corrected chi connectivity index (χ4v) is 2.35. The summed E-state index contributed by atoms with van der Waals surface area (Å²) < 4.78 is 0. The van der Waals surface area contributed by atoms with Crippen molar-refractivity contribution in [3.63, 3.8) is 0 Å². The minimum Gasteiger partial charge on any atom is -0.367 e. The first-order chi connectivity index (χ1) is 5.83. The minimum absolute atomic E-state index is 0.705. The van der Waals surface area contributed by atoms with Crippen LogP contribution in [0.1, 0.15) is 30.4 Å². The summed E-state index contributed by atoms with van der Waals surface area (Å²) in [5.41, 5.74) is 8.59. The maximum Gasteiger partial charge on any atom is 0.00431 e. The van der Waals surface area contributed by atoms with E-state index in [0.29, 0.717) is 5.92 Å². The van der Waals surface area contributed by atoms with Crippen LogP contribution in [0, 0.1) is 5.92 Å². The molecule has 3 N–H and O–H groups in total. The zero-order chi connectivity index (χ0) is 8.55. The van der Waals surface area contributed by atoms with Gasteiger partial charge in [-0.3, -0.25) is 0 Å². The van der Waals surface area contributed by atoms with Crippen LogP contribution in [-0.2, 0) is 6.42 Å². The molecule has 0 fully saturated rings. The fraction of sp³-hybridized carbons (Fsp3) is 0.600. The third-order valence-corrected chi connectivity index (χ3v) is 2.97. The molecule has 1 aromatic rings. The average Bonchev–Trinajstić information content (AvgIpc) is 2.56. The molecule has 1 aliphatic rings. The molecule has 0 aliphatic heterocycles. The maximum absolute atomic E-state index is 5.59. The Morgan fingerprint density at radius 2 is 2.42 bits per heavy atom. The summed E-state index contributed by atoms with van der Waals surface area (Å²) in [5.74, 6) is 1.49. The van der Waals surface area contributed by atoms with Crippen LogP contribution in [0.2, 0.25) is 0 Å². The van der Waals surface area contributed by atoms with Crippen LogP contribution < -0.4 is 5.73 Å². The third-order valence-electron chi connectivity index (χ3n) is 2.97. The number of H-pyrrole nitrogens is 1. The normalized spacial score (nSPS) is 27.5. The molecule has 66 valence electrons. The fourth-order valence-electron chi connectivity index (χ4n) is 2.35. The summed E-state index contributed by atoms with van der Waals surface area (Å²) in [4.78, 5) is 3.17. The van der Waals surface area contributed by atoms with Crippen LogP contribution >= 0.6 is 0 Å². The van der Waals surface area contributed by atoms with Crippen molar-refractivity contribution >= 4 is 0 Å². The number of aromatic amines is 1. The number of rotatable bonds is 2. The third kappa shape index (κ3) is 1.07. The smallest absolute Gasteiger partial charge is 0.00431 e. The molecular weight excluding hydrogens is 148 g/mol. The zero-order valence-electron chi connectivity index (χ0n) is 7.51. The summed E-state index contributed by atoms with van der Waals surface area (Å²) in [5, 5.41) is 0. The van der Waals surface area contributed by atoms with E-state index < -0.39 is 0 Å². The number of aromatic nitrogens is 1. The quantitative estimate of drug-likeness (QED) is 0.685. The molecule has 1 aliphatic carbocycles. The van der Waals surface area contributed by atoms with Crippen molar-refractivity contribution in [3.05, 3.63) is 23.5 Å². The molecule has 0 amide bonds. The Morgan fingerprint density at radius 3 is 3.17 bits per heavy atom. The molecular formula is C10H16N2. The van der Waals surface area contributed by atoms with E-state index in [-0.39, 0.29) is 0 Å². The molecule has 1 heterocycles. The number of hydrogen-bond acceptors (Lipinski definition) is 1. The molecule has 0 saturated heterocycles. The molecule has 0 saturated carbocycles. The molecule has 2 atom stereocenters. The van der Waals surface area contributed by atoms with Crippen LogP contribution in [0.5, 0.6) is 0 Å². The Bertz CT molecular complexity index is 265. The monoisotopic (exact) mass is 164 g/mol. The predicted octanol–water partition coefficient (Wildman–Crippen LogP) is 1.64. The number of hydrogen-bond donors (Lipinski definition) is 2. The van der Waals surface area contributed by atoms with Gasteiger partial charge in [-0.1, -0.05) is 6.92 Å². The van der Waals surface area contributed by atoms with E-state index >= 15 is 0 Å². The van der Waals surface area contributed by atoms with Crippen molar-refractivity contribution in [1.29, 1.82) is 0 Å². The maximum atomic E-state index is 5.59. The SMILES string of the molecule is CC1Cc2c[nH]cc2C1CCN. The van der Waals surface area contributed by atoms with Crippen molar-refractivity contribution in [2.75, 3.05) is 6.54 Å². The zero-order valence-corrected chi connectivity index (χ0v) is 7.51. The largest absolute Gasteiger partial charge is 0.367 e. The van der Waals surface area contributed by atoms with Gasteiger partial charge in [-0.2, -0.15) is 0 Å². The second kappa shape index (κ2) is 2.94. The Morgan fingerprint density at radius 1 is 1.58 bits per heavy atom. The minimum atomic E-state index is 0.705. The van der Waals surface area contributed by atoms with Gasteiger partial charge in [0.05, 0.1) is 0 Å². The van der Waals surface area contributed by atoms with Crippen LogP contribution in [0.15, 0.2) is 12.4 Å². The van der Waals surface area contributed by atoms with Gasteiger partial charge in [0.15, 0.2) is 0 Å². The molecule has 2 rings (SSSR count). The highest BCUT2D eigenvalue weighted by molar-refractivity contribution is 5.33. The average molecular weight is 164 g/mol. The van der Waals surface area contributed by atoms with Crippen molar-refractivity contribution in [2.45, 2.75) is 25.7 Å². The van der Waals surface area contributed by atoms with Gasteiger partial charge in [0.1, 0.15) is 0 Å². The van der Waals surface area contributed by atoms with Crippen molar-refractivity contribution in [2.24, 2.45) is 11.7 Å². The number of nitrogens with one attached hydrogen (secondary N) is 1. The molecule has 12 heavy (non-hydrogen) atoms. The van der Waals surface area contributed by atoms with Crippen LogP contribution in [0.25, 0.3) is 0 Å². The lowest BCUT2D eigenvalue weighted by Crippen LogP contribution is -2.10. The van der Waals surface area contributed by atoms with E-state index in [4.69, 9.17) is 5.73 Å². The molecule has 0 spiro atoms. The topological polar surface area (TPSA) is 41.8 Å². The Balaban J connectivity index is 2.23. The van der Waals surface area contributed by atoms with Crippen molar-refractivity contribution < 1.29 is 0 Å². The summed E-state index contributed by atoms with van der Waals surface area (Å²) in [6.45, 7) is 3.12. The molecule has 2 heteroatoms. The van der Waals surface area contributed by atoms with E-state index in [0.717, 1.165) is 18.9 Å². The van der Waals surface area contributed by atoms with Gasteiger partial charge >= 0.3 is 0 Å². The van der Waals surface area contributed by atoms with Gasteiger partial charge in [-0.15, -0.1) is 0 Å². The molecule has 0 radical (unpaired) electrons. The number of fused-ring (bicyclic) bond motifs is 1. The van der Waals surface area contributed by atoms with E-state index in [9.17, 15) is 0 Å². The summed E-state index contributed by atoms with van der Waals surface area (Å²) >= 11 is 0. The van der Waals surface area contributed by atoms with Gasteiger partial charge < -0.3 is 10.7 Å². The Labute approximate surface area is 73.2 Å². The van der Waals surface area contributed by atoms with Crippen LogP contribution in [-0.4, -0.2) is 11.5 Å². The standard InChI is InChI=1S/C10H16N2/c1-7-4-8-5-12-6-10(8)9(7)2-3-11/h5-7,9,12H,2-4,11H2,1H3. The highest BCUT2D eigenvalue weighted by atomic mass is 14.7. The van der Waals surface area contributed by atoms with Crippen LogP contribution in [0.3, 0.4) is 0 Å². The van der Waals surface area contributed by atoms with Crippen molar-refractivity contribution in [1.82, 2.24) is 4.98 Å². The van der Waals surface area contributed by atoms with Gasteiger partial charge in [0.25, 0.3) is 0 Å². The van der Waals surface area contributed by atoms with Gasteiger partial charge in [0, 0.05) is 12.4 Å². The van der Waals surface area contributed by atoms with Gasteiger partial charge in [-0.25, -0.2) is 0 Å². The molecule has 0 bridgehead atoms. The summed E-state index contributed by atoms with van der Waals surface area (Å²) in [6.07, 6.45) is 6.62. The summed E-state index contributed by atoms with van der Waals surface area (Å²) in [6, 6.07) is 0. The highest BCUT2D eigenvalue weighted by Crippen LogP contribution is 2.39. The first kappa shape index (κ1) is 7.87.